The maximum atomic E-state index is 14.2. The summed E-state index contributed by atoms with van der Waals surface area (Å²) in [5, 5.41) is 0. The van der Waals surface area contributed by atoms with Gasteiger partial charge in [-0.1, -0.05) is 13.2 Å². The second-order valence-electron chi connectivity index (χ2n) is 15.3. The van der Waals surface area contributed by atoms with Crippen LogP contribution >= 0.6 is 0 Å². The lowest BCUT2D eigenvalue weighted by atomic mass is 9.69. The molecule has 2 aromatic rings. The van der Waals surface area contributed by atoms with Gasteiger partial charge in [0.2, 0.25) is 11.5 Å². The van der Waals surface area contributed by atoms with Gasteiger partial charge in [-0.2, -0.15) is 0 Å². The molecule has 3 aliphatic rings. The average Bonchev–Trinajstić information content (AvgIpc) is 3.58. The fourth-order valence-corrected chi connectivity index (χ4v) is 7.81. The Kier molecular flexibility index (Phi) is 17.5. The molecule has 0 atom stereocenters. The summed E-state index contributed by atoms with van der Waals surface area (Å²) in [6.45, 7) is 9.03. The van der Waals surface area contributed by atoms with Gasteiger partial charge in [-0.25, -0.2) is 9.59 Å². The summed E-state index contributed by atoms with van der Waals surface area (Å²) < 4.78 is 71.2. The van der Waals surface area contributed by atoms with Crippen LogP contribution in [0.1, 0.15) is 103 Å². The standard InChI is InChI=1S/C45H58F2O11/c1-3-40(48)53-29-11-7-5-9-27-51-36-21-23-37(24-22-36)55-31-32-13-15-33(16-14-32)34-17-19-35(20-18-34)44(50)56-39-26-25-38(42-43(39)58-45(46,47)57-42)52-28-10-6-8-12-30-54-41(49)4-2/h3-4,21-26,32-35H,1-2,5-20,27-31H2. The molecule has 1 aliphatic heterocycles. The molecule has 2 aromatic carbocycles. The minimum atomic E-state index is -3.91. The van der Waals surface area contributed by atoms with Gasteiger partial charge in [0, 0.05) is 12.2 Å². The Morgan fingerprint density at radius 1 is 0.603 bits per heavy atom. The van der Waals surface area contributed by atoms with Crippen molar-refractivity contribution in [2.45, 2.75) is 109 Å². The number of alkyl halides is 2. The zero-order valence-corrected chi connectivity index (χ0v) is 33.4. The first-order valence-electron chi connectivity index (χ1n) is 20.9. The predicted octanol–water partition coefficient (Wildman–Crippen LogP) is 9.94. The molecule has 2 aliphatic carbocycles. The second kappa shape index (κ2) is 23.0. The van der Waals surface area contributed by atoms with E-state index in [2.05, 4.69) is 13.2 Å². The van der Waals surface area contributed by atoms with Crippen molar-refractivity contribution >= 4 is 17.9 Å². The molecule has 318 valence electrons. The molecule has 11 nitrogen and oxygen atoms in total. The summed E-state index contributed by atoms with van der Waals surface area (Å²) in [6, 6.07) is 10.6. The van der Waals surface area contributed by atoms with Crippen molar-refractivity contribution in [1.82, 2.24) is 0 Å². The highest BCUT2D eigenvalue weighted by Gasteiger charge is 2.47. The van der Waals surface area contributed by atoms with Crippen molar-refractivity contribution in [2.24, 2.45) is 23.7 Å². The van der Waals surface area contributed by atoms with Gasteiger partial charge in [0.25, 0.3) is 0 Å². The first-order valence-corrected chi connectivity index (χ1v) is 20.9. The van der Waals surface area contributed by atoms with Crippen LogP contribution in [0.4, 0.5) is 8.78 Å². The third kappa shape index (κ3) is 14.2. The van der Waals surface area contributed by atoms with Crippen molar-refractivity contribution in [1.29, 1.82) is 0 Å². The van der Waals surface area contributed by atoms with E-state index in [1.165, 1.54) is 18.2 Å². The number of fused-ring (bicyclic) bond motifs is 1. The van der Waals surface area contributed by atoms with Crippen LogP contribution in [-0.2, 0) is 23.9 Å². The molecule has 0 amide bonds. The number of carbonyl (C=O) groups excluding carboxylic acids is 3. The molecule has 0 bridgehead atoms. The van der Waals surface area contributed by atoms with Gasteiger partial charge in [-0.05, 0) is 157 Å². The Balaban J connectivity index is 0.953. The van der Waals surface area contributed by atoms with Gasteiger partial charge in [0.05, 0.1) is 39.0 Å². The van der Waals surface area contributed by atoms with E-state index in [1.54, 1.807) is 0 Å². The third-order valence-electron chi connectivity index (χ3n) is 11.1. The minimum absolute atomic E-state index is 0.0798. The number of carbonyl (C=O) groups is 3. The molecule has 0 spiro atoms. The molecule has 1 heterocycles. The van der Waals surface area contributed by atoms with Gasteiger partial charge in [0.1, 0.15) is 11.5 Å². The monoisotopic (exact) mass is 812 g/mol. The summed E-state index contributed by atoms with van der Waals surface area (Å²) in [6.07, 6.45) is 12.8. The number of unbranched alkanes of at least 4 members (excludes halogenated alkanes) is 6. The van der Waals surface area contributed by atoms with E-state index in [1.807, 2.05) is 24.3 Å². The van der Waals surface area contributed by atoms with Crippen molar-refractivity contribution in [3.05, 3.63) is 61.7 Å². The van der Waals surface area contributed by atoms with E-state index < -0.39 is 18.2 Å². The Labute approximate surface area is 340 Å². The lowest BCUT2D eigenvalue weighted by molar-refractivity contribution is -0.287. The molecule has 0 unspecified atom stereocenters. The molecule has 0 saturated heterocycles. The highest BCUT2D eigenvalue weighted by Crippen LogP contribution is 2.53. The SMILES string of the molecule is C=CC(=O)OCCCCCCOc1ccc(OCC2CCC(C3CCC(C(=O)Oc4ccc(OCCCCCCOC(=O)C=C)c5c4OC(F)(F)O5)CC3)CC2)cc1. The summed E-state index contributed by atoms with van der Waals surface area (Å²) in [7, 11) is 0. The topological polar surface area (TPSA) is 125 Å². The zero-order valence-electron chi connectivity index (χ0n) is 33.4. The van der Waals surface area contributed by atoms with Crippen LogP contribution in [0, 0.1) is 23.7 Å². The van der Waals surface area contributed by atoms with Crippen LogP contribution < -0.4 is 28.4 Å². The summed E-state index contributed by atoms with van der Waals surface area (Å²) in [5.74, 6) is 1.03. The van der Waals surface area contributed by atoms with E-state index in [9.17, 15) is 23.2 Å². The zero-order chi connectivity index (χ0) is 41.2. The molecular formula is C45H58F2O11. The highest BCUT2D eigenvalue weighted by molar-refractivity contribution is 5.81. The third-order valence-corrected chi connectivity index (χ3v) is 11.1. The fraction of sp³-hybridized carbons (Fsp3) is 0.578. The maximum Gasteiger partial charge on any atom is 0.586 e. The largest absolute Gasteiger partial charge is 0.586 e. The number of halogens is 2. The van der Waals surface area contributed by atoms with Gasteiger partial charge in [0.15, 0.2) is 11.5 Å². The van der Waals surface area contributed by atoms with Gasteiger partial charge in [-0.15, -0.1) is 8.78 Å². The van der Waals surface area contributed by atoms with E-state index in [-0.39, 0.29) is 41.5 Å². The van der Waals surface area contributed by atoms with Gasteiger partial charge >= 0.3 is 24.2 Å². The average molecular weight is 813 g/mol. The molecule has 0 N–H and O–H groups in total. The second-order valence-corrected chi connectivity index (χ2v) is 15.3. The van der Waals surface area contributed by atoms with E-state index in [0.717, 1.165) is 94.6 Å². The molecule has 2 fully saturated rings. The number of hydrogen-bond acceptors (Lipinski definition) is 11. The number of benzene rings is 2. The molecule has 5 rings (SSSR count). The molecule has 0 radical (unpaired) electrons. The smallest absolute Gasteiger partial charge is 0.494 e. The molecule has 58 heavy (non-hydrogen) atoms. The lowest BCUT2D eigenvalue weighted by Gasteiger charge is -2.37. The fourth-order valence-electron chi connectivity index (χ4n) is 7.81. The summed E-state index contributed by atoms with van der Waals surface area (Å²) in [4.78, 5) is 35.4. The van der Waals surface area contributed by atoms with Crippen LogP contribution in [0.5, 0.6) is 34.5 Å². The molecule has 2 saturated carbocycles. The van der Waals surface area contributed by atoms with Crippen LogP contribution in [0.15, 0.2) is 61.7 Å². The van der Waals surface area contributed by atoms with Crippen LogP contribution in [0.3, 0.4) is 0 Å². The minimum Gasteiger partial charge on any atom is -0.494 e. The van der Waals surface area contributed by atoms with Gasteiger partial charge in [-0.3, -0.25) is 4.79 Å². The maximum absolute atomic E-state index is 14.2. The van der Waals surface area contributed by atoms with Crippen molar-refractivity contribution in [3.63, 3.8) is 0 Å². The van der Waals surface area contributed by atoms with Crippen molar-refractivity contribution < 1.29 is 61.1 Å². The molecular weight excluding hydrogens is 754 g/mol. The van der Waals surface area contributed by atoms with Crippen LogP contribution in [0.2, 0.25) is 0 Å². The number of rotatable bonds is 24. The van der Waals surface area contributed by atoms with Crippen molar-refractivity contribution in [2.75, 3.05) is 33.0 Å². The van der Waals surface area contributed by atoms with E-state index in [4.69, 9.17) is 37.9 Å². The van der Waals surface area contributed by atoms with Crippen LogP contribution in [0.25, 0.3) is 0 Å². The molecule has 13 heteroatoms. The normalized spacial score (nSPS) is 20.7. The molecule has 0 aromatic heterocycles. The highest BCUT2D eigenvalue weighted by atomic mass is 19.3. The summed E-state index contributed by atoms with van der Waals surface area (Å²) in [5.41, 5.74) is 0. The Morgan fingerprint density at radius 2 is 1.07 bits per heavy atom. The lowest BCUT2D eigenvalue weighted by Crippen LogP contribution is -2.31. The van der Waals surface area contributed by atoms with E-state index >= 15 is 0 Å². The first kappa shape index (κ1) is 44.3. The quantitative estimate of drug-likeness (QED) is 0.0435. The first-order chi connectivity index (χ1) is 28.1. The number of hydrogen-bond donors (Lipinski definition) is 0. The van der Waals surface area contributed by atoms with Gasteiger partial charge < -0.3 is 37.9 Å². The van der Waals surface area contributed by atoms with Crippen LogP contribution in [-0.4, -0.2) is 57.2 Å². The summed E-state index contributed by atoms with van der Waals surface area (Å²) >= 11 is 0. The Hall–Kier alpha value is -4.81. The van der Waals surface area contributed by atoms with E-state index in [0.29, 0.717) is 69.9 Å². The number of ether oxygens (including phenoxy) is 8. The van der Waals surface area contributed by atoms with Crippen molar-refractivity contribution in [3.8, 4) is 34.5 Å². The predicted molar refractivity (Wildman–Crippen MR) is 211 cm³/mol. The number of esters is 3. The Bertz CT molecular complexity index is 1630. The Morgan fingerprint density at radius 3 is 1.62 bits per heavy atom.